The van der Waals surface area contributed by atoms with Crippen LogP contribution in [0.4, 0.5) is 0 Å². The maximum atomic E-state index is 13.0. The van der Waals surface area contributed by atoms with Crippen molar-refractivity contribution < 1.29 is 38.0 Å². The third kappa shape index (κ3) is 54.9. The van der Waals surface area contributed by atoms with Gasteiger partial charge in [0.25, 0.3) is 7.82 Å². The first-order chi connectivity index (χ1) is 36.4. The van der Waals surface area contributed by atoms with Gasteiger partial charge in [0.05, 0.1) is 39.9 Å². The lowest BCUT2D eigenvalue weighted by atomic mass is 10.0. The van der Waals surface area contributed by atoms with E-state index in [0.29, 0.717) is 30.3 Å². The second-order valence-electron chi connectivity index (χ2n) is 20.4. The Morgan fingerprint density at radius 3 is 1.29 bits per heavy atom. The van der Waals surface area contributed by atoms with E-state index in [-0.39, 0.29) is 18.9 Å². The Hall–Kier alpha value is -3.66. The second-order valence-corrected chi connectivity index (χ2v) is 21.8. The van der Waals surface area contributed by atoms with E-state index in [4.69, 9.17) is 9.05 Å². The molecular formula is C65H109N2O7P. The molecule has 0 aliphatic heterocycles. The van der Waals surface area contributed by atoms with Crippen molar-refractivity contribution >= 4 is 13.7 Å². The molecule has 0 saturated carbocycles. The number of nitrogens with one attached hydrogen (secondary N) is 1. The van der Waals surface area contributed by atoms with Crippen molar-refractivity contribution in [1.82, 2.24) is 5.32 Å². The zero-order valence-electron chi connectivity index (χ0n) is 48.0. The largest absolute Gasteiger partial charge is 0.756 e. The van der Waals surface area contributed by atoms with Crippen LogP contribution in [0.25, 0.3) is 0 Å². The summed E-state index contributed by atoms with van der Waals surface area (Å²) in [4.78, 5) is 25.5. The van der Waals surface area contributed by atoms with Crippen molar-refractivity contribution in [2.75, 3.05) is 40.9 Å². The number of nitrogens with zero attached hydrogens (tertiary/aromatic N) is 1. The topological polar surface area (TPSA) is 128 Å². The van der Waals surface area contributed by atoms with Crippen LogP contribution in [0.1, 0.15) is 200 Å². The summed E-state index contributed by atoms with van der Waals surface area (Å²) in [5.74, 6) is -0.306. The van der Waals surface area contributed by atoms with E-state index < -0.39 is 32.7 Å². The van der Waals surface area contributed by atoms with Crippen LogP contribution in [-0.2, 0) is 18.4 Å². The Morgan fingerprint density at radius 2 is 0.867 bits per heavy atom. The van der Waals surface area contributed by atoms with Crippen LogP contribution in [0, 0.1) is 0 Å². The van der Waals surface area contributed by atoms with Crippen molar-refractivity contribution in [1.29, 1.82) is 0 Å². The van der Waals surface area contributed by atoms with Gasteiger partial charge < -0.3 is 34.0 Å². The van der Waals surface area contributed by atoms with Gasteiger partial charge in [-0.25, -0.2) is 0 Å². The van der Waals surface area contributed by atoms with E-state index in [1.807, 2.05) is 28.1 Å². The molecule has 0 heterocycles. The Balaban J connectivity index is 4.16. The highest BCUT2D eigenvalue weighted by Gasteiger charge is 2.29. The number of unbranched alkanes of at least 4 members (excludes halogenated alkanes) is 14. The van der Waals surface area contributed by atoms with Gasteiger partial charge in [0.1, 0.15) is 19.3 Å². The van der Waals surface area contributed by atoms with Crippen molar-refractivity contribution in [3.05, 3.63) is 146 Å². The highest BCUT2D eigenvalue weighted by Crippen LogP contribution is 2.38. The molecule has 0 aliphatic rings. The number of aliphatic hydroxyl groups excluding tert-OH is 2. The van der Waals surface area contributed by atoms with E-state index in [1.165, 1.54) is 44.9 Å². The lowest BCUT2D eigenvalue weighted by Gasteiger charge is -2.31. The number of rotatable bonds is 51. The van der Waals surface area contributed by atoms with Crippen LogP contribution in [0.2, 0.25) is 0 Å². The summed E-state index contributed by atoms with van der Waals surface area (Å²) >= 11 is 0. The molecule has 0 aromatic heterocycles. The lowest BCUT2D eigenvalue weighted by Crippen LogP contribution is -2.51. The number of carbonyl (C=O) groups is 1. The highest BCUT2D eigenvalue weighted by molar-refractivity contribution is 7.45. The monoisotopic (exact) mass is 1060 g/mol. The Labute approximate surface area is 460 Å². The number of phosphoric ester groups is 1. The minimum atomic E-state index is -4.69. The maximum absolute atomic E-state index is 13.0. The van der Waals surface area contributed by atoms with Crippen LogP contribution in [0.5, 0.6) is 0 Å². The molecule has 75 heavy (non-hydrogen) atoms. The third-order valence-electron chi connectivity index (χ3n) is 12.2. The average molecular weight is 1060 g/mol. The molecule has 0 saturated heterocycles. The normalized spacial score (nSPS) is 15.4. The van der Waals surface area contributed by atoms with Crippen molar-refractivity contribution in [3.8, 4) is 0 Å². The van der Waals surface area contributed by atoms with Gasteiger partial charge in [0.15, 0.2) is 0 Å². The minimum Gasteiger partial charge on any atom is -0.756 e. The number of aliphatic hydroxyl groups is 2. The fourth-order valence-corrected chi connectivity index (χ4v) is 8.36. The Morgan fingerprint density at radius 1 is 0.507 bits per heavy atom. The molecule has 9 nitrogen and oxygen atoms in total. The number of phosphoric acid groups is 1. The molecule has 4 unspecified atom stereocenters. The predicted octanol–water partition coefficient (Wildman–Crippen LogP) is 16.4. The molecule has 10 heteroatoms. The number of carbonyl (C=O) groups excluding carboxylic acids is 1. The average Bonchev–Trinajstić information content (AvgIpc) is 3.37. The van der Waals surface area contributed by atoms with Gasteiger partial charge >= 0.3 is 0 Å². The van der Waals surface area contributed by atoms with E-state index in [9.17, 15) is 24.5 Å². The van der Waals surface area contributed by atoms with Crippen molar-refractivity contribution in [2.45, 2.75) is 218 Å². The fourth-order valence-electron chi connectivity index (χ4n) is 7.64. The van der Waals surface area contributed by atoms with Gasteiger partial charge in [-0.3, -0.25) is 9.36 Å². The summed E-state index contributed by atoms with van der Waals surface area (Å²) in [5, 5.41) is 24.7. The quantitative estimate of drug-likeness (QED) is 0.0240. The molecule has 0 aliphatic carbocycles. The molecule has 3 N–H and O–H groups in total. The molecule has 0 spiro atoms. The van der Waals surface area contributed by atoms with Gasteiger partial charge in [0, 0.05) is 6.42 Å². The molecule has 0 aromatic rings. The minimum absolute atomic E-state index is 0.0579. The first-order valence-corrected chi connectivity index (χ1v) is 30.7. The second kappa shape index (κ2) is 53.7. The molecular weight excluding hydrogens is 952 g/mol. The summed E-state index contributed by atoms with van der Waals surface area (Å²) in [6, 6.07) is -1.11. The number of likely N-dealkylation sites (N-methyl/N-ethyl adjacent to an activating group) is 1. The number of hydrogen-bond donors (Lipinski definition) is 3. The van der Waals surface area contributed by atoms with Gasteiger partial charge in [0.2, 0.25) is 5.91 Å². The first kappa shape index (κ1) is 71.3. The van der Waals surface area contributed by atoms with Crippen LogP contribution in [-0.4, -0.2) is 79.8 Å². The molecule has 0 rings (SSSR count). The zero-order valence-corrected chi connectivity index (χ0v) is 48.9. The van der Waals surface area contributed by atoms with Crippen LogP contribution < -0.4 is 10.2 Å². The van der Waals surface area contributed by atoms with Gasteiger partial charge in [-0.05, 0) is 129 Å². The lowest BCUT2D eigenvalue weighted by molar-refractivity contribution is -0.870. The van der Waals surface area contributed by atoms with Gasteiger partial charge in [-0.2, -0.15) is 0 Å². The third-order valence-corrected chi connectivity index (χ3v) is 13.2. The molecule has 0 fully saturated rings. The van der Waals surface area contributed by atoms with E-state index >= 15 is 0 Å². The molecule has 0 aromatic carbocycles. The smallest absolute Gasteiger partial charge is 0.268 e. The van der Waals surface area contributed by atoms with Crippen LogP contribution >= 0.6 is 7.82 Å². The van der Waals surface area contributed by atoms with Crippen LogP contribution in [0.15, 0.2) is 146 Å². The number of hydrogen-bond acceptors (Lipinski definition) is 7. The highest BCUT2D eigenvalue weighted by atomic mass is 31.2. The fraction of sp³-hybridized carbons (Fsp3) is 0.615. The van der Waals surface area contributed by atoms with Gasteiger partial charge in [-0.1, -0.05) is 211 Å². The molecule has 0 bridgehead atoms. The Bertz CT molecular complexity index is 1740. The first-order valence-electron chi connectivity index (χ1n) is 29.2. The number of allylic oxidation sites excluding steroid dienone is 24. The predicted molar refractivity (Wildman–Crippen MR) is 321 cm³/mol. The standard InChI is InChI=1S/C65H109N2O7P/c1-6-8-10-12-14-16-18-20-21-22-23-24-25-26-27-28-29-30-31-32-33-34-35-36-37-38-39-40-41-42-43-44-45-46-48-50-52-54-56-58-64(69)66-62(61-74-75(71,72)73-60-59-67(3,4)5)65(70)63(68)57-55-53-51-49-47-19-17-15-13-11-9-7-2/h7-10,14-17,20-21,23-24,26-27,29-30,32-33,35-36,38-39,49,51,62-63,65,68,70H,6,11-13,18-19,22,25,28,31,34,37,40-48,50,52-61H2,1-5H3,(H-,66,69,71,72)/b9-7+,10-8-,16-14-,17-15+,21-20-,24-23-,27-26-,30-29-,33-32-,36-35-,39-38-,51-49+. The molecule has 426 valence electrons. The number of amides is 1. The summed E-state index contributed by atoms with van der Waals surface area (Å²) in [5.41, 5.74) is 0. The van der Waals surface area contributed by atoms with E-state index in [2.05, 4.69) is 158 Å². The summed E-state index contributed by atoms with van der Waals surface area (Å²) < 4.78 is 23.2. The van der Waals surface area contributed by atoms with Crippen molar-refractivity contribution in [3.63, 3.8) is 0 Å². The molecule has 0 radical (unpaired) electrons. The Kier molecular flexibility index (Phi) is 51.1. The number of quaternary nitrogens is 1. The SMILES string of the molecule is C/C=C/CC/C=C/CC/C=C/CCCC(O)C(O)C(COP(=O)([O-])OCC[N+](C)(C)C)NC(=O)CCCCCCCCCCCCC/C=C\C/C=C\C/C=C\C/C=C\C/C=C\C/C=C\C/C=C\C/C=C\C/C=C\CC. The van der Waals surface area contributed by atoms with E-state index in [1.54, 1.807) is 0 Å². The zero-order chi connectivity index (χ0) is 55.0. The summed E-state index contributed by atoms with van der Waals surface area (Å²) in [6.45, 7) is 4.05. The maximum Gasteiger partial charge on any atom is 0.268 e. The molecule has 1 amide bonds. The van der Waals surface area contributed by atoms with Crippen LogP contribution in [0.3, 0.4) is 0 Å². The summed E-state index contributed by atoms with van der Waals surface area (Å²) in [6.07, 6.45) is 79.4. The van der Waals surface area contributed by atoms with Crippen molar-refractivity contribution in [2.24, 2.45) is 0 Å². The van der Waals surface area contributed by atoms with E-state index in [0.717, 1.165) is 116 Å². The van der Waals surface area contributed by atoms with Gasteiger partial charge in [-0.15, -0.1) is 0 Å². The summed E-state index contributed by atoms with van der Waals surface area (Å²) in [7, 11) is 1.07. The molecule has 4 atom stereocenters.